The first-order valence-corrected chi connectivity index (χ1v) is 13.6. The van der Waals surface area contributed by atoms with Gasteiger partial charge in [0.2, 0.25) is 0 Å². The largest absolute Gasteiger partial charge is 0.352 e. The molecular formula is C33H37N3O. The molecule has 1 aliphatic heterocycles. The highest BCUT2D eigenvalue weighted by molar-refractivity contribution is 6.07. The molecule has 37 heavy (non-hydrogen) atoms. The minimum absolute atomic E-state index is 0.0229. The molecule has 2 heterocycles. The van der Waals surface area contributed by atoms with Crippen LogP contribution in [0.2, 0.25) is 0 Å². The number of para-hydroxylation sites is 1. The molecule has 0 spiro atoms. The molecule has 4 aromatic rings. The van der Waals surface area contributed by atoms with E-state index in [-0.39, 0.29) is 5.91 Å². The number of piperidine rings is 1. The van der Waals surface area contributed by atoms with E-state index in [0.717, 1.165) is 54.1 Å². The molecule has 1 fully saturated rings. The Bertz CT molecular complexity index is 1360. The monoisotopic (exact) mass is 491 g/mol. The van der Waals surface area contributed by atoms with Gasteiger partial charge in [0.05, 0.1) is 16.8 Å². The van der Waals surface area contributed by atoms with Gasteiger partial charge in [0, 0.05) is 17.5 Å². The van der Waals surface area contributed by atoms with Crippen LogP contribution in [0.1, 0.15) is 46.3 Å². The number of aromatic nitrogens is 1. The fourth-order valence-electron chi connectivity index (χ4n) is 5.37. The predicted molar refractivity (Wildman–Crippen MR) is 153 cm³/mol. The molecule has 1 amide bonds. The highest BCUT2D eigenvalue weighted by Gasteiger charge is 2.19. The Labute approximate surface area is 220 Å². The minimum atomic E-state index is -0.0229. The summed E-state index contributed by atoms with van der Waals surface area (Å²) in [7, 11) is 0. The van der Waals surface area contributed by atoms with Gasteiger partial charge in [-0.15, -0.1) is 0 Å². The zero-order chi connectivity index (χ0) is 25.6. The van der Waals surface area contributed by atoms with Crippen molar-refractivity contribution in [1.29, 1.82) is 0 Å². The van der Waals surface area contributed by atoms with Crippen LogP contribution in [0.3, 0.4) is 0 Å². The lowest BCUT2D eigenvalue weighted by molar-refractivity contribution is 0.0952. The Kier molecular flexibility index (Phi) is 7.96. The molecule has 0 saturated carbocycles. The Morgan fingerprint density at radius 1 is 0.919 bits per heavy atom. The van der Waals surface area contributed by atoms with E-state index in [0.29, 0.717) is 12.1 Å². The van der Waals surface area contributed by atoms with Crippen LogP contribution in [0.5, 0.6) is 0 Å². The summed E-state index contributed by atoms with van der Waals surface area (Å²) in [6.45, 7) is 8.24. The van der Waals surface area contributed by atoms with Gasteiger partial charge < -0.3 is 10.2 Å². The van der Waals surface area contributed by atoms with Gasteiger partial charge in [-0.1, -0.05) is 60.7 Å². The maximum absolute atomic E-state index is 13.3. The Balaban J connectivity index is 1.16. The summed E-state index contributed by atoms with van der Waals surface area (Å²) < 4.78 is 0. The van der Waals surface area contributed by atoms with E-state index in [1.54, 1.807) is 0 Å². The molecule has 1 saturated heterocycles. The summed E-state index contributed by atoms with van der Waals surface area (Å²) in [6.07, 6.45) is 4.66. The van der Waals surface area contributed by atoms with Crippen molar-refractivity contribution in [1.82, 2.24) is 15.2 Å². The van der Waals surface area contributed by atoms with Gasteiger partial charge in [0.15, 0.2) is 0 Å². The Morgan fingerprint density at radius 2 is 1.68 bits per heavy atom. The number of nitrogens with zero attached hydrogens (tertiary/aromatic N) is 2. The van der Waals surface area contributed by atoms with Gasteiger partial charge in [-0.3, -0.25) is 4.79 Å². The topological polar surface area (TPSA) is 45.2 Å². The zero-order valence-corrected chi connectivity index (χ0v) is 22.0. The van der Waals surface area contributed by atoms with E-state index in [1.807, 2.05) is 30.3 Å². The first-order valence-electron chi connectivity index (χ1n) is 13.6. The number of rotatable bonds is 8. The molecule has 1 aliphatic rings. The lowest BCUT2D eigenvalue weighted by Gasteiger charge is -2.32. The fraction of sp³-hybridized carbons (Fsp3) is 0.333. The highest BCUT2D eigenvalue weighted by atomic mass is 16.1. The molecule has 190 valence electrons. The molecule has 4 nitrogen and oxygen atoms in total. The second-order valence-corrected chi connectivity index (χ2v) is 10.5. The number of likely N-dealkylation sites (tertiary alicyclic amines) is 1. The van der Waals surface area contributed by atoms with Crippen molar-refractivity contribution in [3.63, 3.8) is 0 Å². The first kappa shape index (κ1) is 25.2. The summed E-state index contributed by atoms with van der Waals surface area (Å²) in [4.78, 5) is 20.7. The average molecular weight is 492 g/mol. The summed E-state index contributed by atoms with van der Waals surface area (Å²) in [5.41, 5.74) is 7.35. The standard InChI is InChI=1S/C33H37N3O/c1-24-13-14-28(21-25(24)2)32-23-30(29-11-6-7-12-31(29)35-32)33(37)34-17-8-18-36-19-15-27(16-20-36)22-26-9-4-3-5-10-26/h3-7,9-14,21,23,27H,8,15-20,22H2,1-2H3,(H,34,37). The van der Waals surface area contributed by atoms with E-state index in [4.69, 9.17) is 4.98 Å². The molecule has 4 heteroatoms. The smallest absolute Gasteiger partial charge is 0.252 e. The van der Waals surface area contributed by atoms with Crippen molar-refractivity contribution < 1.29 is 4.79 Å². The number of aryl methyl sites for hydroxylation is 2. The molecular weight excluding hydrogens is 454 g/mol. The second kappa shape index (κ2) is 11.7. The SMILES string of the molecule is Cc1ccc(-c2cc(C(=O)NCCCN3CCC(Cc4ccccc4)CC3)c3ccccc3n2)cc1C. The summed E-state index contributed by atoms with van der Waals surface area (Å²) in [5, 5.41) is 4.07. The van der Waals surface area contributed by atoms with Crippen LogP contribution in [-0.2, 0) is 6.42 Å². The molecule has 1 N–H and O–H groups in total. The quantitative estimate of drug-likeness (QED) is 0.283. The van der Waals surface area contributed by atoms with Gasteiger partial charge in [0.25, 0.3) is 5.91 Å². The number of benzene rings is 3. The average Bonchev–Trinajstić information content (AvgIpc) is 2.93. The van der Waals surface area contributed by atoms with Gasteiger partial charge in [-0.05, 0) is 100.0 Å². The van der Waals surface area contributed by atoms with Crippen molar-refractivity contribution in [2.24, 2.45) is 5.92 Å². The van der Waals surface area contributed by atoms with Crippen molar-refractivity contribution >= 4 is 16.8 Å². The van der Waals surface area contributed by atoms with Crippen LogP contribution in [0.4, 0.5) is 0 Å². The van der Waals surface area contributed by atoms with Gasteiger partial charge >= 0.3 is 0 Å². The van der Waals surface area contributed by atoms with Crippen molar-refractivity contribution in [2.75, 3.05) is 26.2 Å². The van der Waals surface area contributed by atoms with Crippen LogP contribution in [0.25, 0.3) is 22.2 Å². The van der Waals surface area contributed by atoms with Crippen LogP contribution in [-0.4, -0.2) is 42.0 Å². The molecule has 0 unspecified atom stereocenters. The van der Waals surface area contributed by atoms with E-state index >= 15 is 0 Å². The first-order chi connectivity index (χ1) is 18.1. The molecule has 0 radical (unpaired) electrons. The lowest BCUT2D eigenvalue weighted by atomic mass is 9.90. The van der Waals surface area contributed by atoms with Gasteiger partial charge in [-0.25, -0.2) is 4.98 Å². The Hall–Kier alpha value is -3.50. The fourth-order valence-corrected chi connectivity index (χ4v) is 5.37. The maximum atomic E-state index is 13.3. The number of amides is 1. The maximum Gasteiger partial charge on any atom is 0.252 e. The molecule has 0 aliphatic carbocycles. The normalized spacial score (nSPS) is 14.6. The number of hydrogen-bond acceptors (Lipinski definition) is 3. The van der Waals surface area contributed by atoms with E-state index in [1.165, 1.54) is 36.0 Å². The lowest BCUT2D eigenvalue weighted by Crippen LogP contribution is -2.36. The second-order valence-electron chi connectivity index (χ2n) is 10.5. The van der Waals surface area contributed by atoms with Gasteiger partial charge in [0.1, 0.15) is 0 Å². The van der Waals surface area contributed by atoms with E-state index in [9.17, 15) is 4.79 Å². The molecule has 3 aromatic carbocycles. The highest BCUT2D eigenvalue weighted by Crippen LogP contribution is 2.26. The van der Waals surface area contributed by atoms with E-state index in [2.05, 4.69) is 72.6 Å². The number of hydrogen-bond donors (Lipinski definition) is 1. The summed E-state index contributed by atoms with van der Waals surface area (Å²) >= 11 is 0. The molecule has 1 aromatic heterocycles. The minimum Gasteiger partial charge on any atom is -0.352 e. The van der Waals surface area contributed by atoms with Crippen molar-refractivity contribution in [2.45, 2.75) is 39.5 Å². The van der Waals surface area contributed by atoms with Crippen LogP contribution in [0.15, 0.2) is 78.9 Å². The van der Waals surface area contributed by atoms with Crippen molar-refractivity contribution in [3.05, 3.63) is 101 Å². The molecule has 5 rings (SSSR count). The number of fused-ring (bicyclic) bond motifs is 1. The number of nitrogens with one attached hydrogen (secondary N) is 1. The van der Waals surface area contributed by atoms with E-state index < -0.39 is 0 Å². The number of pyridine rings is 1. The number of carbonyl (C=O) groups excluding carboxylic acids is 1. The zero-order valence-electron chi connectivity index (χ0n) is 22.0. The third kappa shape index (κ3) is 6.26. The molecule has 0 atom stereocenters. The predicted octanol–water partition coefficient (Wildman–Crippen LogP) is 6.59. The van der Waals surface area contributed by atoms with Crippen LogP contribution >= 0.6 is 0 Å². The number of carbonyl (C=O) groups is 1. The van der Waals surface area contributed by atoms with Crippen LogP contribution < -0.4 is 5.32 Å². The third-order valence-electron chi connectivity index (χ3n) is 7.77. The van der Waals surface area contributed by atoms with Crippen molar-refractivity contribution in [3.8, 4) is 11.3 Å². The van der Waals surface area contributed by atoms with Gasteiger partial charge in [-0.2, -0.15) is 0 Å². The summed E-state index contributed by atoms with van der Waals surface area (Å²) in [6, 6.07) is 27.1. The summed E-state index contributed by atoms with van der Waals surface area (Å²) in [5.74, 6) is 0.759. The Morgan fingerprint density at radius 3 is 2.46 bits per heavy atom. The molecule has 0 bridgehead atoms. The van der Waals surface area contributed by atoms with Crippen LogP contribution in [0, 0.1) is 19.8 Å². The third-order valence-corrected chi connectivity index (χ3v) is 7.77.